The fourth-order valence-corrected chi connectivity index (χ4v) is 2.29. The van der Waals surface area contributed by atoms with Gasteiger partial charge < -0.3 is 15.4 Å². The molecule has 0 saturated carbocycles. The highest BCUT2D eigenvalue weighted by molar-refractivity contribution is 6.29. The lowest BCUT2D eigenvalue weighted by Gasteiger charge is -2.32. The largest absolute Gasteiger partial charge is 0.469 e. The number of rotatable bonds is 2. The number of ether oxygens (including phenoxy) is 1. The Hall–Kier alpha value is -1.56. The first kappa shape index (κ1) is 12.9. The van der Waals surface area contributed by atoms with Crippen molar-refractivity contribution < 1.29 is 9.53 Å². The normalized spacial score (nSPS) is 16.7. The number of anilines is 2. The predicted octanol–water partition coefficient (Wildman–Crippen LogP) is 1.10. The zero-order chi connectivity index (χ0) is 13.1. The maximum Gasteiger partial charge on any atom is 0.308 e. The van der Waals surface area contributed by atoms with Crippen molar-refractivity contribution in [3.8, 4) is 0 Å². The van der Waals surface area contributed by atoms with Crippen molar-refractivity contribution in [2.24, 2.45) is 5.92 Å². The van der Waals surface area contributed by atoms with Gasteiger partial charge in [-0.2, -0.15) is 0 Å². The summed E-state index contributed by atoms with van der Waals surface area (Å²) < 4.78 is 4.75. The van der Waals surface area contributed by atoms with E-state index in [2.05, 4.69) is 15.1 Å². The summed E-state index contributed by atoms with van der Waals surface area (Å²) in [5.74, 6) is 0.183. The Bertz CT molecular complexity index is 447. The number of carbonyl (C=O) groups excluding carboxylic acids is 1. The first-order valence-electron chi connectivity index (χ1n) is 5.73. The molecule has 0 spiro atoms. The number of esters is 1. The van der Waals surface area contributed by atoms with Gasteiger partial charge in [0.15, 0.2) is 11.0 Å². The van der Waals surface area contributed by atoms with Gasteiger partial charge in [-0.3, -0.25) is 4.79 Å². The monoisotopic (exact) mass is 270 g/mol. The maximum absolute atomic E-state index is 11.4. The maximum atomic E-state index is 11.4. The van der Waals surface area contributed by atoms with Gasteiger partial charge in [0.25, 0.3) is 0 Å². The van der Waals surface area contributed by atoms with E-state index in [-0.39, 0.29) is 11.9 Å². The molecule has 0 aromatic carbocycles. The molecule has 98 valence electrons. The molecule has 1 fully saturated rings. The fourth-order valence-electron chi connectivity index (χ4n) is 2.14. The molecule has 2 rings (SSSR count). The van der Waals surface area contributed by atoms with Crippen LogP contribution in [0.2, 0.25) is 5.15 Å². The molecule has 1 saturated heterocycles. The Labute approximate surface area is 110 Å². The van der Waals surface area contributed by atoms with Crippen LogP contribution < -0.4 is 10.6 Å². The standard InChI is InChI=1S/C11H15ClN4O2/c1-18-11(17)7-2-4-16(5-3-7)8-6-9(12)14-15-10(8)13/h6-7H,2-5H2,1H3,(H2,13,15). The molecular formula is C11H15ClN4O2. The minimum atomic E-state index is -0.145. The average Bonchev–Trinajstić information content (AvgIpc) is 2.41. The van der Waals surface area contributed by atoms with E-state index >= 15 is 0 Å². The van der Waals surface area contributed by atoms with Crippen molar-refractivity contribution in [1.29, 1.82) is 0 Å². The van der Waals surface area contributed by atoms with Crippen LogP contribution in [0.1, 0.15) is 12.8 Å². The highest BCUT2D eigenvalue weighted by Gasteiger charge is 2.26. The number of piperidine rings is 1. The lowest BCUT2D eigenvalue weighted by Crippen LogP contribution is -2.37. The van der Waals surface area contributed by atoms with Gasteiger partial charge in [-0.05, 0) is 12.8 Å². The van der Waals surface area contributed by atoms with Crippen LogP contribution >= 0.6 is 11.6 Å². The summed E-state index contributed by atoms with van der Waals surface area (Å²) >= 11 is 5.81. The quantitative estimate of drug-likeness (QED) is 0.811. The summed E-state index contributed by atoms with van der Waals surface area (Å²) in [5.41, 5.74) is 6.55. The van der Waals surface area contributed by atoms with Gasteiger partial charge in [-0.25, -0.2) is 0 Å². The first-order valence-corrected chi connectivity index (χ1v) is 6.11. The number of carbonyl (C=O) groups is 1. The molecule has 0 amide bonds. The third kappa shape index (κ3) is 2.64. The zero-order valence-electron chi connectivity index (χ0n) is 10.1. The molecule has 18 heavy (non-hydrogen) atoms. The molecule has 1 aromatic rings. The van der Waals surface area contributed by atoms with E-state index in [4.69, 9.17) is 22.1 Å². The van der Waals surface area contributed by atoms with Crippen LogP contribution in [-0.4, -0.2) is 36.4 Å². The Kier molecular flexibility index (Phi) is 3.86. The molecule has 1 aliphatic rings. The topological polar surface area (TPSA) is 81.3 Å². The second-order valence-electron chi connectivity index (χ2n) is 4.22. The Balaban J connectivity index is 2.05. The second-order valence-corrected chi connectivity index (χ2v) is 4.61. The van der Waals surface area contributed by atoms with E-state index in [1.165, 1.54) is 7.11 Å². The van der Waals surface area contributed by atoms with E-state index in [1.54, 1.807) is 6.07 Å². The van der Waals surface area contributed by atoms with Gasteiger partial charge in [0.1, 0.15) is 0 Å². The number of methoxy groups -OCH3 is 1. The molecule has 1 aliphatic heterocycles. The SMILES string of the molecule is COC(=O)C1CCN(c2cc(Cl)nnc2N)CC1. The molecule has 0 unspecified atom stereocenters. The van der Waals surface area contributed by atoms with Gasteiger partial charge in [0.05, 0.1) is 18.7 Å². The number of nitrogens with zero attached hydrogens (tertiary/aromatic N) is 3. The van der Waals surface area contributed by atoms with Crippen LogP contribution in [0.4, 0.5) is 11.5 Å². The summed E-state index contributed by atoms with van der Waals surface area (Å²) in [7, 11) is 1.42. The highest BCUT2D eigenvalue weighted by Crippen LogP contribution is 2.28. The van der Waals surface area contributed by atoms with Crippen molar-refractivity contribution in [3.05, 3.63) is 11.2 Å². The molecule has 0 radical (unpaired) electrons. The van der Waals surface area contributed by atoms with Gasteiger partial charge in [-0.1, -0.05) is 11.6 Å². The lowest BCUT2D eigenvalue weighted by molar-refractivity contribution is -0.146. The van der Waals surface area contributed by atoms with Crippen LogP contribution in [0.15, 0.2) is 6.07 Å². The summed E-state index contributed by atoms with van der Waals surface area (Å²) in [4.78, 5) is 13.5. The summed E-state index contributed by atoms with van der Waals surface area (Å²) in [6.07, 6.45) is 1.48. The number of halogens is 1. The smallest absolute Gasteiger partial charge is 0.308 e. The van der Waals surface area contributed by atoms with Crippen molar-refractivity contribution >= 4 is 29.1 Å². The first-order chi connectivity index (χ1) is 8.61. The summed E-state index contributed by atoms with van der Waals surface area (Å²) in [5, 5.41) is 7.78. The number of hydrogen-bond donors (Lipinski definition) is 1. The Morgan fingerprint density at radius 1 is 1.50 bits per heavy atom. The molecular weight excluding hydrogens is 256 g/mol. The number of hydrogen-bond acceptors (Lipinski definition) is 6. The van der Waals surface area contributed by atoms with Crippen LogP contribution in [0.3, 0.4) is 0 Å². The molecule has 0 bridgehead atoms. The summed E-state index contributed by atoms with van der Waals surface area (Å²) in [6.45, 7) is 1.46. The molecule has 1 aromatic heterocycles. The van der Waals surface area contributed by atoms with Gasteiger partial charge in [0, 0.05) is 19.2 Å². The minimum absolute atomic E-state index is 0.0299. The van der Waals surface area contributed by atoms with Gasteiger partial charge >= 0.3 is 5.97 Å². The zero-order valence-corrected chi connectivity index (χ0v) is 10.9. The van der Waals surface area contributed by atoms with E-state index < -0.39 is 0 Å². The van der Waals surface area contributed by atoms with E-state index in [9.17, 15) is 4.79 Å². The van der Waals surface area contributed by atoms with Crippen LogP contribution in [-0.2, 0) is 9.53 Å². The summed E-state index contributed by atoms with van der Waals surface area (Å²) in [6, 6.07) is 1.70. The molecule has 7 heteroatoms. The fraction of sp³-hybridized carbons (Fsp3) is 0.545. The van der Waals surface area contributed by atoms with Crippen molar-refractivity contribution in [1.82, 2.24) is 10.2 Å². The van der Waals surface area contributed by atoms with E-state index in [0.717, 1.165) is 31.6 Å². The van der Waals surface area contributed by atoms with Crippen molar-refractivity contribution in [2.45, 2.75) is 12.8 Å². The molecule has 2 heterocycles. The number of nitrogens with two attached hydrogens (primary N) is 1. The van der Waals surface area contributed by atoms with Crippen LogP contribution in [0.5, 0.6) is 0 Å². The number of aromatic nitrogens is 2. The third-order valence-electron chi connectivity index (χ3n) is 3.14. The van der Waals surface area contributed by atoms with E-state index in [0.29, 0.717) is 11.0 Å². The highest BCUT2D eigenvalue weighted by atomic mass is 35.5. The molecule has 0 aliphatic carbocycles. The molecule has 2 N–H and O–H groups in total. The average molecular weight is 271 g/mol. The Morgan fingerprint density at radius 2 is 2.17 bits per heavy atom. The second kappa shape index (κ2) is 5.39. The molecule has 0 atom stereocenters. The van der Waals surface area contributed by atoms with Gasteiger partial charge in [-0.15, -0.1) is 10.2 Å². The molecule has 6 nitrogen and oxygen atoms in total. The predicted molar refractivity (Wildman–Crippen MR) is 68.4 cm³/mol. The van der Waals surface area contributed by atoms with Crippen molar-refractivity contribution in [3.63, 3.8) is 0 Å². The van der Waals surface area contributed by atoms with Crippen LogP contribution in [0.25, 0.3) is 0 Å². The Morgan fingerprint density at radius 3 is 2.78 bits per heavy atom. The van der Waals surface area contributed by atoms with Crippen molar-refractivity contribution in [2.75, 3.05) is 30.8 Å². The number of nitrogen functional groups attached to an aromatic ring is 1. The minimum Gasteiger partial charge on any atom is -0.469 e. The third-order valence-corrected chi connectivity index (χ3v) is 3.33. The van der Waals surface area contributed by atoms with Gasteiger partial charge in [0.2, 0.25) is 0 Å². The lowest BCUT2D eigenvalue weighted by atomic mass is 9.97. The van der Waals surface area contributed by atoms with Crippen LogP contribution in [0, 0.1) is 5.92 Å². The van der Waals surface area contributed by atoms with E-state index in [1.807, 2.05) is 0 Å².